The molecule has 0 aromatic heterocycles. The van der Waals surface area contributed by atoms with E-state index >= 15 is 0 Å². The van der Waals surface area contributed by atoms with Crippen LogP contribution >= 0.6 is 0 Å². The van der Waals surface area contributed by atoms with Gasteiger partial charge in [0.05, 0.1) is 22.6 Å². The predicted octanol–water partition coefficient (Wildman–Crippen LogP) is 5.65. The molecule has 2 unspecified atom stereocenters. The zero-order valence-electron chi connectivity index (χ0n) is 18.6. The van der Waals surface area contributed by atoms with Crippen molar-refractivity contribution in [1.29, 1.82) is 0 Å². The zero-order chi connectivity index (χ0) is 22.3. The number of hydrogen-bond acceptors (Lipinski definition) is 4. The van der Waals surface area contributed by atoms with Crippen LogP contribution in [0.1, 0.15) is 66.0 Å². The summed E-state index contributed by atoms with van der Waals surface area (Å²) in [6.07, 6.45) is 1.29. The third kappa shape index (κ3) is 4.23. The summed E-state index contributed by atoms with van der Waals surface area (Å²) >= 11 is 0. The Balaban J connectivity index is 2.66. The molecule has 0 saturated carbocycles. The first-order valence-electron chi connectivity index (χ1n) is 9.88. The molecule has 0 saturated heterocycles. The Morgan fingerprint density at radius 2 is 1.97 bits per heavy atom. The van der Waals surface area contributed by atoms with Crippen LogP contribution in [0.15, 0.2) is 18.2 Å². The van der Waals surface area contributed by atoms with Gasteiger partial charge in [-0.15, -0.1) is 0 Å². The molecule has 7 heteroatoms. The van der Waals surface area contributed by atoms with Crippen LogP contribution in [0.4, 0.5) is 10.5 Å². The van der Waals surface area contributed by atoms with Crippen molar-refractivity contribution >= 4 is 17.4 Å². The summed E-state index contributed by atoms with van der Waals surface area (Å²) in [4.78, 5) is 24.6. The monoisotopic (exact) mass is 404 g/mol. The van der Waals surface area contributed by atoms with E-state index in [1.54, 1.807) is 6.07 Å². The first-order chi connectivity index (χ1) is 13.2. The average molecular weight is 405 g/mol. The molecule has 1 heterocycles. The van der Waals surface area contributed by atoms with E-state index in [2.05, 4.69) is 0 Å². The van der Waals surface area contributed by atoms with Gasteiger partial charge in [0, 0.05) is 6.07 Å². The highest BCUT2D eigenvalue weighted by molar-refractivity contribution is 5.77. The lowest BCUT2D eigenvalue weighted by Crippen LogP contribution is -2.61. The molecule has 1 aliphatic rings. The number of ether oxygens (including phenoxy) is 1. The highest BCUT2D eigenvalue weighted by atomic mass is 16.6. The second-order valence-corrected chi connectivity index (χ2v) is 9.34. The molecule has 2 rings (SSSR count). The normalized spacial score (nSPS) is 22.4. The van der Waals surface area contributed by atoms with Crippen LogP contribution in [0.25, 0.3) is 5.57 Å². The largest absolute Gasteiger partial charge is 0.484 e. The van der Waals surface area contributed by atoms with Crippen molar-refractivity contribution < 1.29 is 19.6 Å². The van der Waals surface area contributed by atoms with Crippen molar-refractivity contribution in [3.8, 4) is 5.75 Å². The first kappa shape index (κ1) is 22.7. The van der Waals surface area contributed by atoms with Crippen LogP contribution in [0.2, 0.25) is 0 Å². The molecule has 2 atom stereocenters. The number of nitrogens with zero attached hydrogens (tertiary/aromatic N) is 2. The molecule has 1 aliphatic heterocycles. The van der Waals surface area contributed by atoms with E-state index in [0.717, 1.165) is 16.7 Å². The molecule has 1 aromatic carbocycles. The summed E-state index contributed by atoms with van der Waals surface area (Å²) in [6, 6.07) is 2.94. The van der Waals surface area contributed by atoms with Gasteiger partial charge in [-0.25, -0.2) is 4.79 Å². The van der Waals surface area contributed by atoms with E-state index in [1.165, 1.54) is 11.0 Å². The third-order valence-electron chi connectivity index (χ3n) is 5.95. The van der Waals surface area contributed by atoms with Gasteiger partial charge < -0.3 is 9.84 Å². The van der Waals surface area contributed by atoms with Crippen LogP contribution < -0.4 is 4.74 Å². The number of nitro benzene ring substituents is 1. The predicted molar refractivity (Wildman–Crippen MR) is 113 cm³/mol. The Hall–Kier alpha value is -2.57. The standard InChI is InChI=1S/C22H32N2O5/c1-13(2)29-19-11-17(14(3)9-18(19)24(27)28)16-10-15(4)23(20(25)26)22(8,12-16)21(5,6)7/h9-11,13,15H,12H2,1-8H3,(H,25,26). The van der Waals surface area contributed by atoms with Gasteiger partial charge in [0.1, 0.15) is 0 Å². The van der Waals surface area contributed by atoms with Crippen molar-refractivity contribution in [2.24, 2.45) is 5.41 Å². The minimum absolute atomic E-state index is 0.0600. The van der Waals surface area contributed by atoms with Crippen LogP contribution in [0, 0.1) is 22.5 Å². The maximum atomic E-state index is 12.0. The van der Waals surface area contributed by atoms with E-state index < -0.39 is 16.6 Å². The van der Waals surface area contributed by atoms with E-state index in [9.17, 15) is 20.0 Å². The number of carbonyl (C=O) groups is 1. The van der Waals surface area contributed by atoms with Crippen molar-refractivity contribution in [3.05, 3.63) is 39.4 Å². The van der Waals surface area contributed by atoms with Gasteiger partial charge in [-0.05, 0) is 69.2 Å². The van der Waals surface area contributed by atoms with Crippen LogP contribution in [-0.4, -0.2) is 38.7 Å². The minimum atomic E-state index is -0.950. The maximum Gasteiger partial charge on any atom is 0.408 e. The molecule has 160 valence electrons. The molecule has 1 aromatic rings. The van der Waals surface area contributed by atoms with Gasteiger partial charge in [-0.2, -0.15) is 0 Å². The Labute approximate surface area is 172 Å². The van der Waals surface area contributed by atoms with Gasteiger partial charge in [-0.3, -0.25) is 15.0 Å². The number of hydrogen-bond donors (Lipinski definition) is 1. The second kappa shape index (κ2) is 7.69. The van der Waals surface area contributed by atoms with Crippen molar-refractivity contribution in [2.75, 3.05) is 0 Å². The molecule has 29 heavy (non-hydrogen) atoms. The van der Waals surface area contributed by atoms with E-state index in [-0.39, 0.29) is 29.0 Å². The molecule has 0 aliphatic carbocycles. The van der Waals surface area contributed by atoms with Crippen molar-refractivity contribution in [1.82, 2.24) is 4.90 Å². The molecular weight excluding hydrogens is 372 g/mol. The number of nitro groups is 1. The van der Waals surface area contributed by atoms with Gasteiger partial charge in [-0.1, -0.05) is 26.8 Å². The summed E-state index contributed by atoms with van der Waals surface area (Å²) in [5.74, 6) is 0.234. The fourth-order valence-electron chi connectivity index (χ4n) is 4.04. The van der Waals surface area contributed by atoms with E-state index in [0.29, 0.717) is 6.42 Å². The molecular formula is C22H32N2O5. The highest BCUT2D eigenvalue weighted by Crippen LogP contribution is 2.48. The van der Waals surface area contributed by atoms with Gasteiger partial charge >= 0.3 is 11.8 Å². The van der Waals surface area contributed by atoms with Crippen molar-refractivity contribution in [3.63, 3.8) is 0 Å². The van der Waals surface area contributed by atoms with Gasteiger partial charge in [0.15, 0.2) is 5.75 Å². The van der Waals surface area contributed by atoms with Gasteiger partial charge in [0.2, 0.25) is 0 Å². The Morgan fingerprint density at radius 3 is 2.41 bits per heavy atom. The Bertz CT molecular complexity index is 853. The first-order valence-corrected chi connectivity index (χ1v) is 9.88. The molecule has 0 spiro atoms. The average Bonchev–Trinajstić information content (AvgIpc) is 2.53. The molecule has 7 nitrogen and oxygen atoms in total. The summed E-state index contributed by atoms with van der Waals surface area (Å²) in [5, 5.41) is 21.3. The second-order valence-electron chi connectivity index (χ2n) is 9.34. The molecule has 0 fully saturated rings. The maximum absolute atomic E-state index is 12.0. The highest BCUT2D eigenvalue weighted by Gasteiger charge is 2.49. The Kier molecular flexibility index (Phi) is 6.02. The lowest BCUT2D eigenvalue weighted by atomic mass is 9.67. The van der Waals surface area contributed by atoms with E-state index in [1.807, 2.05) is 61.5 Å². The van der Waals surface area contributed by atoms with Crippen LogP contribution in [-0.2, 0) is 0 Å². The van der Waals surface area contributed by atoms with Crippen molar-refractivity contribution in [2.45, 2.75) is 79.5 Å². The molecule has 1 amide bonds. The topological polar surface area (TPSA) is 92.9 Å². The number of benzene rings is 1. The lowest BCUT2D eigenvalue weighted by molar-refractivity contribution is -0.386. The molecule has 0 bridgehead atoms. The number of amides is 1. The SMILES string of the molecule is Cc1cc([N+](=O)[O-])c(OC(C)C)cc1C1=CC(C)N(C(=O)O)C(C)(C(C)(C)C)C1. The van der Waals surface area contributed by atoms with Gasteiger partial charge in [0.25, 0.3) is 0 Å². The summed E-state index contributed by atoms with van der Waals surface area (Å²) in [6.45, 7) is 15.4. The molecule has 1 N–H and O–H groups in total. The lowest BCUT2D eigenvalue weighted by Gasteiger charge is -2.53. The summed E-state index contributed by atoms with van der Waals surface area (Å²) in [5.41, 5.74) is 1.59. The summed E-state index contributed by atoms with van der Waals surface area (Å²) < 4.78 is 5.73. The fraction of sp³-hybridized carbons (Fsp3) is 0.591. The fourth-order valence-corrected chi connectivity index (χ4v) is 4.04. The third-order valence-corrected chi connectivity index (χ3v) is 5.95. The summed E-state index contributed by atoms with van der Waals surface area (Å²) in [7, 11) is 0. The van der Waals surface area contributed by atoms with Crippen LogP contribution in [0.5, 0.6) is 5.75 Å². The van der Waals surface area contributed by atoms with Crippen LogP contribution in [0.3, 0.4) is 0 Å². The minimum Gasteiger partial charge on any atom is -0.484 e. The quantitative estimate of drug-likeness (QED) is 0.517. The molecule has 0 radical (unpaired) electrons. The number of carboxylic acid groups (broad SMARTS) is 1. The van der Waals surface area contributed by atoms with E-state index in [4.69, 9.17) is 4.74 Å². The Morgan fingerprint density at radius 1 is 1.38 bits per heavy atom. The smallest absolute Gasteiger partial charge is 0.408 e. The number of rotatable bonds is 4. The zero-order valence-corrected chi connectivity index (χ0v) is 18.6. The number of aryl methyl sites for hydroxylation is 1.